The van der Waals surface area contributed by atoms with Gasteiger partial charge in [-0.05, 0) is 42.7 Å². The van der Waals surface area contributed by atoms with Gasteiger partial charge in [0.05, 0.1) is 0 Å². The van der Waals surface area contributed by atoms with E-state index in [0.717, 1.165) is 22.3 Å². The molecular weight excluding hydrogens is 273 g/mol. The Kier molecular flexibility index (Phi) is 4.35. The smallest absolute Gasteiger partial charge is 0.126 e. The maximum Gasteiger partial charge on any atom is 0.126 e. The zero-order valence-electron chi connectivity index (χ0n) is 11.4. The minimum Gasteiger partial charge on any atom is -0.489 e. The highest BCUT2D eigenvalue weighted by molar-refractivity contribution is 7.80. The molecule has 2 nitrogen and oxygen atoms in total. The van der Waals surface area contributed by atoms with Crippen LogP contribution in [0.1, 0.15) is 22.3 Å². The van der Waals surface area contributed by atoms with E-state index in [9.17, 15) is 4.39 Å². The van der Waals surface area contributed by atoms with Crippen LogP contribution in [-0.4, -0.2) is 4.99 Å². The zero-order valence-corrected chi connectivity index (χ0v) is 12.3. The molecule has 20 heavy (non-hydrogen) atoms. The van der Waals surface area contributed by atoms with Gasteiger partial charge in [0, 0.05) is 11.6 Å². The van der Waals surface area contributed by atoms with Gasteiger partial charge in [0.1, 0.15) is 23.2 Å². The van der Waals surface area contributed by atoms with Crippen LogP contribution in [0.3, 0.4) is 0 Å². The minimum absolute atomic E-state index is 0.300. The molecule has 0 spiro atoms. The first-order valence-electron chi connectivity index (χ1n) is 6.25. The fraction of sp³-hybridized carbons (Fsp3) is 0.188. The van der Waals surface area contributed by atoms with E-state index in [2.05, 4.69) is 0 Å². The lowest BCUT2D eigenvalue weighted by Gasteiger charge is -2.12. The van der Waals surface area contributed by atoms with Gasteiger partial charge in [0.2, 0.25) is 0 Å². The molecule has 2 aromatic rings. The Morgan fingerprint density at radius 3 is 2.55 bits per heavy atom. The van der Waals surface area contributed by atoms with Gasteiger partial charge in [-0.25, -0.2) is 4.39 Å². The topological polar surface area (TPSA) is 35.2 Å². The zero-order chi connectivity index (χ0) is 14.7. The van der Waals surface area contributed by atoms with E-state index in [0.29, 0.717) is 17.3 Å². The molecule has 0 heterocycles. The summed E-state index contributed by atoms with van der Waals surface area (Å²) in [6, 6.07) is 10.2. The fourth-order valence-corrected chi connectivity index (χ4v) is 2.02. The van der Waals surface area contributed by atoms with Gasteiger partial charge in [-0.2, -0.15) is 0 Å². The predicted octanol–water partition coefficient (Wildman–Crippen LogP) is 3.66. The molecule has 0 radical (unpaired) electrons. The molecule has 4 heteroatoms. The molecule has 0 fully saturated rings. The average molecular weight is 289 g/mol. The lowest BCUT2D eigenvalue weighted by Crippen LogP contribution is -2.10. The van der Waals surface area contributed by atoms with Crippen LogP contribution in [0.5, 0.6) is 5.75 Å². The summed E-state index contributed by atoms with van der Waals surface area (Å²) in [4.78, 5) is 0.376. The monoisotopic (exact) mass is 289 g/mol. The second kappa shape index (κ2) is 6.01. The summed E-state index contributed by atoms with van der Waals surface area (Å²) >= 11 is 4.94. The van der Waals surface area contributed by atoms with Crippen LogP contribution in [-0.2, 0) is 6.61 Å². The van der Waals surface area contributed by atoms with Gasteiger partial charge in [0.25, 0.3) is 0 Å². The van der Waals surface area contributed by atoms with E-state index in [1.165, 1.54) is 12.1 Å². The van der Waals surface area contributed by atoms with Gasteiger partial charge in [0.15, 0.2) is 0 Å². The Morgan fingerprint density at radius 2 is 1.90 bits per heavy atom. The molecule has 0 atom stereocenters. The fourth-order valence-electron chi connectivity index (χ4n) is 1.90. The highest BCUT2D eigenvalue weighted by atomic mass is 32.1. The van der Waals surface area contributed by atoms with Crippen LogP contribution in [0.2, 0.25) is 0 Å². The summed E-state index contributed by atoms with van der Waals surface area (Å²) < 4.78 is 18.9. The second-order valence-corrected chi connectivity index (χ2v) is 5.14. The van der Waals surface area contributed by atoms with E-state index in [-0.39, 0.29) is 5.82 Å². The maximum absolute atomic E-state index is 13.2. The molecule has 0 aliphatic heterocycles. The maximum atomic E-state index is 13.2. The van der Waals surface area contributed by atoms with E-state index >= 15 is 0 Å². The van der Waals surface area contributed by atoms with Crippen LogP contribution in [0, 0.1) is 19.7 Å². The minimum atomic E-state index is -0.300. The number of hydrogen-bond donors (Lipinski definition) is 1. The van der Waals surface area contributed by atoms with Crippen LogP contribution >= 0.6 is 12.2 Å². The van der Waals surface area contributed by atoms with Crippen molar-refractivity contribution in [1.82, 2.24) is 0 Å². The number of ether oxygens (including phenoxy) is 1. The summed E-state index contributed by atoms with van der Waals surface area (Å²) in [5.74, 6) is 0.258. The molecule has 2 rings (SSSR count). The number of thiocarbonyl (C=S) groups is 1. The van der Waals surface area contributed by atoms with Crippen molar-refractivity contribution in [2.45, 2.75) is 20.5 Å². The summed E-state index contributed by atoms with van der Waals surface area (Å²) in [6.45, 7) is 4.24. The Bertz CT molecular complexity index is 655. The Morgan fingerprint density at radius 1 is 1.15 bits per heavy atom. The summed E-state index contributed by atoms with van der Waals surface area (Å²) in [5, 5.41) is 0. The number of halogens is 1. The van der Waals surface area contributed by atoms with Crippen molar-refractivity contribution in [2.24, 2.45) is 5.73 Å². The first-order chi connectivity index (χ1) is 9.47. The average Bonchev–Trinajstić information content (AvgIpc) is 2.40. The van der Waals surface area contributed by atoms with Crippen LogP contribution < -0.4 is 10.5 Å². The van der Waals surface area contributed by atoms with Gasteiger partial charge in [-0.3, -0.25) is 0 Å². The van der Waals surface area contributed by atoms with Crippen molar-refractivity contribution < 1.29 is 9.13 Å². The van der Waals surface area contributed by atoms with E-state index < -0.39 is 0 Å². The Hall–Kier alpha value is -1.94. The number of nitrogens with two attached hydrogens (primary N) is 1. The van der Waals surface area contributed by atoms with Crippen molar-refractivity contribution in [3.63, 3.8) is 0 Å². The van der Waals surface area contributed by atoms with E-state index in [1.807, 2.05) is 32.0 Å². The Labute approximate surface area is 123 Å². The molecule has 104 valence electrons. The predicted molar refractivity (Wildman–Crippen MR) is 82.5 cm³/mol. The van der Waals surface area contributed by atoms with Gasteiger partial charge in [-0.1, -0.05) is 30.4 Å². The molecule has 0 bridgehead atoms. The normalized spacial score (nSPS) is 10.3. The molecular formula is C16H16FNOS. The van der Waals surface area contributed by atoms with Gasteiger partial charge >= 0.3 is 0 Å². The quantitative estimate of drug-likeness (QED) is 0.873. The third-order valence-electron chi connectivity index (χ3n) is 3.16. The van der Waals surface area contributed by atoms with Crippen molar-refractivity contribution in [1.29, 1.82) is 0 Å². The lowest BCUT2D eigenvalue weighted by atomic mass is 10.1. The first kappa shape index (κ1) is 14.5. The van der Waals surface area contributed by atoms with Crippen LogP contribution in [0.4, 0.5) is 4.39 Å². The van der Waals surface area contributed by atoms with E-state index in [1.54, 1.807) is 6.07 Å². The Balaban J connectivity index is 2.15. The molecule has 0 unspecified atom stereocenters. The van der Waals surface area contributed by atoms with Crippen molar-refractivity contribution in [3.8, 4) is 5.75 Å². The first-order valence-corrected chi connectivity index (χ1v) is 6.66. The van der Waals surface area contributed by atoms with E-state index in [4.69, 9.17) is 22.7 Å². The van der Waals surface area contributed by atoms with Gasteiger partial charge < -0.3 is 10.5 Å². The third kappa shape index (κ3) is 3.33. The number of hydrogen-bond acceptors (Lipinski definition) is 2. The number of aryl methyl sites for hydroxylation is 2. The highest BCUT2D eigenvalue weighted by Gasteiger charge is 2.05. The number of benzene rings is 2. The van der Waals surface area contributed by atoms with Crippen molar-refractivity contribution in [2.75, 3.05) is 0 Å². The molecule has 0 aliphatic carbocycles. The molecule has 0 aliphatic rings. The highest BCUT2D eigenvalue weighted by Crippen LogP contribution is 2.21. The van der Waals surface area contributed by atoms with Crippen LogP contribution in [0.15, 0.2) is 36.4 Å². The molecule has 2 aromatic carbocycles. The third-order valence-corrected chi connectivity index (χ3v) is 3.40. The molecule has 2 N–H and O–H groups in total. The second-order valence-electron chi connectivity index (χ2n) is 4.70. The number of rotatable bonds is 4. The largest absolute Gasteiger partial charge is 0.489 e. The standard InChI is InChI=1S/C16H16FNOS/c1-10-3-6-14(17)8-15(10)19-9-13-5-4-12(16(18)20)7-11(13)2/h3-8H,9H2,1-2H3,(H2,18,20). The molecule has 0 saturated heterocycles. The van der Waals surface area contributed by atoms with Crippen molar-refractivity contribution in [3.05, 3.63) is 64.5 Å². The molecule has 0 amide bonds. The molecule has 0 aromatic heterocycles. The van der Waals surface area contributed by atoms with Crippen molar-refractivity contribution >= 4 is 17.2 Å². The van der Waals surface area contributed by atoms with Gasteiger partial charge in [-0.15, -0.1) is 0 Å². The SMILES string of the molecule is Cc1cc(C(N)=S)ccc1COc1cc(F)ccc1C. The summed E-state index contributed by atoms with van der Waals surface area (Å²) in [5.41, 5.74) is 9.40. The summed E-state index contributed by atoms with van der Waals surface area (Å²) in [7, 11) is 0. The molecule has 0 saturated carbocycles. The summed E-state index contributed by atoms with van der Waals surface area (Å²) in [6.07, 6.45) is 0. The lowest BCUT2D eigenvalue weighted by molar-refractivity contribution is 0.301. The van der Waals surface area contributed by atoms with Crippen LogP contribution in [0.25, 0.3) is 0 Å².